The SMILES string of the molecule is Cc1cccc(C(=O)NNC(=O)CN2CCN(CC(=O)Nc3ccc(F)cc3)CC2)c1. The minimum atomic E-state index is -0.367. The first kappa shape index (κ1) is 22.4. The van der Waals surface area contributed by atoms with Gasteiger partial charge in [-0.05, 0) is 43.3 Å². The van der Waals surface area contributed by atoms with E-state index in [-0.39, 0.29) is 36.6 Å². The van der Waals surface area contributed by atoms with Gasteiger partial charge in [-0.3, -0.25) is 35.0 Å². The van der Waals surface area contributed by atoms with Gasteiger partial charge in [-0.1, -0.05) is 17.7 Å². The van der Waals surface area contributed by atoms with E-state index in [1.807, 2.05) is 22.8 Å². The zero-order valence-electron chi connectivity index (χ0n) is 17.4. The summed E-state index contributed by atoms with van der Waals surface area (Å²) in [4.78, 5) is 40.3. The highest BCUT2D eigenvalue weighted by Gasteiger charge is 2.21. The van der Waals surface area contributed by atoms with Crippen LogP contribution in [0.5, 0.6) is 0 Å². The molecule has 31 heavy (non-hydrogen) atoms. The van der Waals surface area contributed by atoms with Gasteiger partial charge < -0.3 is 5.32 Å². The van der Waals surface area contributed by atoms with Crippen molar-refractivity contribution in [2.45, 2.75) is 6.92 Å². The third-order valence-electron chi connectivity index (χ3n) is 4.92. The number of aryl methyl sites for hydroxylation is 1. The van der Waals surface area contributed by atoms with Crippen molar-refractivity contribution in [2.75, 3.05) is 44.6 Å². The van der Waals surface area contributed by atoms with Crippen LogP contribution in [0.3, 0.4) is 0 Å². The zero-order chi connectivity index (χ0) is 22.2. The molecule has 3 amide bonds. The fourth-order valence-corrected chi connectivity index (χ4v) is 3.27. The van der Waals surface area contributed by atoms with E-state index in [4.69, 9.17) is 0 Å². The summed E-state index contributed by atoms with van der Waals surface area (Å²) in [6.45, 7) is 4.81. The van der Waals surface area contributed by atoms with E-state index in [2.05, 4.69) is 16.2 Å². The topological polar surface area (TPSA) is 93.8 Å². The normalized spacial score (nSPS) is 14.6. The summed E-state index contributed by atoms with van der Waals surface area (Å²) < 4.78 is 12.9. The molecule has 0 spiro atoms. The number of anilines is 1. The standard InChI is InChI=1S/C22H26FN5O3/c1-16-3-2-4-17(13-16)22(31)26-25-21(30)15-28-11-9-27(10-12-28)14-20(29)24-19-7-5-18(23)6-8-19/h2-8,13H,9-12,14-15H2,1H3,(H,24,29)(H,25,30)(H,26,31). The van der Waals surface area contributed by atoms with Gasteiger partial charge in [-0.25, -0.2) is 4.39 Å². The number of hydrogen-bond donors (Lipinski definition) is 3. The molecule has 1 heterocycles. The van der Waals surface area contributed by atoms with E-state index in [0.29, 0.717) is 37.4 Å². The molecule has 1 saturated heterocycles. The molecule has 0 aromatic heterocycles. The Hall–Kier alpha value is -3.30. The van der Waals surface area contributed by atoms with Gasteiger partial charge in [0.1, 0.15) is 5.82 Å². The fourth-order valence-electron chi connectivity index (χ4n) is 3.27. The summed E-state index contributed by atoms with van der Waals surface area (Å²) in [5, 5.41) is 2.74. The first-order valence-electron chi connectivity index (χ1n) is 10.0. The lowest BCUT2D eigenvalue weighted by atomic mass is 10.1. The molecule has 0 unspecified atom stereocenters. The molecule has 0 bridgehead atoms. The van der Waals surface area contributed by atoms with Crippen molar-refractivity contribution in [2.24, 2.45) is 0 Å². The largest absolute Gasteiger partial charge is 0.325 e. The highest BCUT2D eigenvalue weighted by atomic mass is 19.1. The second-order valence-electron chi connectivity index (χ2n) is 7.48. The Morgan fingerprint density at radius 2 is 1.48 bits per heavy atom. The predicted octanol–water partition coefficient (Wildman–Crippen LogP) is 1.15. The van der Waals surface area contributed by atoms with Crippen LogP contribution in [0.4, 0.5) is 10.1 Å². The number of hydrogen-bond acceptors (Lipinski definition) is 5. The van der Waals surface area contributed by atoms with Gasteiger partial charge in [0.25, 0.3) is 11.8 Å². The van der Waals surface area contributed by atoms with E-state index < -0.39 is 0 Å². The van der Waals surface area contributed by atoms with Crippen LogP contribution in [0.2, 0.25) is 0 Å². The third-order valence-corrected chi connectivity index (χ3v) is 4.92. The van der Waals surface area contributed by atoms with Crippen molar-refractivity contribution >= 4 is 23.4 Å². The Morgan fingerprint density at radius 1 is 0.871 bits per heavy atom. The summed E-state index contributed by atoms with van der Waals surface area (Å²) in [6, 6.07) is 12.7. The van der Waals surface area contributed by atoms with Crippen LogP contribution >= 0.6 is 0 Å². The van der Waals surface area contributed by atoms with Gasteiger partial charge in [0.05, 0.1) is 13.1 Å². The van der Waals surface area contributed by atoms with Crippen molar-refractivity contribution in [3.05, 3.63) is 65.5 Å². The molecule has 1 aliphatic rings. The summed E-state index contributed by atoms with van der Waals surface area (Å²) in [5.74, 6) is -1.19. The van der Waals surface area contributed by atoms with E-state index in [9.17, 15) is 18.8 Å². The predicted molar refractivity (Wildman–Crippen MR) is 115 cm³/mol. The number of amides is 3. The summed E-state index contributed by atoms with van der Waals surface area (Å²) in [5.41, 5.74) is 6.85. The second-order valence-corrected chi connectivity index (χ2v) is 7.48. The van der Waals surface area contributed by atoms with Crippen molar-refractivity contribution in [1.29, 1.82) is 0 Å². The Morgan fingerprint density at radius 3 is 2.10 bits per heavy atom. The second kappa shape index (κ2) is 10.6. The molecule has 1 fully saturated rings. The molecule has 0 aliphatic carbocycles. The van der Waals surface area contributed by atoms with Gasteiger partial charge in [0, 0.05) is 37.4 Å². The number of hydrazine groups is 1. The smallest absolute Gasteiger partial charge is 0.269 e. The Kier molecular flexibility index (Phi) is 7.69. The molecule has 164 valence electrons. The Labute approximate surface area is 180 Å². The summed E-state index contributed by atoms with van der Waals surface area (Å²) in [7, 11) is 0. The van der Waals surface area contributed by atoms with Gasteiger partial charge >= 0.3 is 0 Å². The molecule has 3 rings (SSSR count). The lowest BCUT2D eigenvalue weighted by Crippen LogP contribution is -2.52. The van der Waals surface area contributed by atoms with E-state index in [0.717, 1.165) is 5.56 Å². The number of benzene rings is 2. The van der Waals surface area contributed by atoms with Gasteiger partial charge in [0.2, 0.25) is 5.91 Å². The summed E-state index contributed by atoms with van der Waals surface area (Å²) in [6.07, 6.45) is 0. The number of halogens is 1. The maximum atomic E-state index is 12.9. The van der Waals surface area contributed by atoms with Crippen LogP contribution in [0.1, 0.15) is 15.9 Å². The minimum absolute atomic E-state index is 0.156. The number of carbonyl (C=O) groups is 3. The minimum Gasteiger partial charge on any atom is -0.325 e. The number of carbonyl (C=O) groups excluding carboxylic acids is 3. The maximum Gasteiger partial charge on any atom is 0.269 e. The molecule has 0 atom stereocenters. The average molecular weight is 427 g/mol. The molecule has 2 aromatic rings. The maximum absolute atomic E-state index is 12.9. The molecule has 1 aliphatic heterocycles. The number of piperazine rings is 1. The molecule has 2 aromatic carbocycles. The number of rotatable bonds is 6. The molecular weight excluding hydrogens is 401 g/mol. The summed E-state index contributed by atoms with van der Waals surface area (Å²) >= 11 is 0. The number of nitrogens with zero attached hydrogens (tertiary/aromatic N) is 2. The Balaban J connectivity index is 1.34. The van der Waals surface area contributed by atoms with Crippen LogP contribution in [-0.4, -0.2) is 66.8 Å². The zero-order valence-corrected chi connectivity index (χ0v) is 17.4. The molecule has 0 radical (unpaired) electrons. The quantitative estimate of drug-likeness (QED) is 0.602. The lowest BCUT2D eigenvalue weighted by Gasteiger charge is -2.33. The van der Waals surface area contributed by atoms with E-state index >= 15 is 0 Å². The highest BCUT2D eigenvalue weighted by molar-refractivity contribution is 5.95. The van der Waals surface area contributed by atoms with E-state index in [1.54, 1.807) is 18.2 Å². The lowest BCUT2D eigenvalue weighted by molar-refractivity contribution is -0.124. The highest BCUT2D eigenvalue weighted by Crippen LogP contribution is 2.09. The van der Waals surface area contributed by atoms with Crippen molar-refractivity contribution in [3.8, 4) is 0 Å². The van der Waals surface area contributed by atoms with Crippen LogP contribution in [0.25, 0.3) is 0 Å². The van der Waals surface area contributed by atoms with Crippen LogP contribution in [-0.2, 0) is 9.59 Å². The van der Waals surface area contributed by atoms with Crippen LogP contribution in [0, 0.1) is 12.7 Å². The van der Waals surface area contributed by atoms with Crippen molar-refractivity contribution in [1.82, 2.24) is 20.7 Å². The fraction of sp³-hybridized carbons (Fsp3) is 0.318. The van der Waals surface area contributed by atoms with Crippen LogP contribution < -0.4 is 16.2 Å². The van der Waals surface area contributed by atoms with Gasteiger partial charge in [0.15, 0.2) is 0 Å². The third kappa shape index (κ3) is 7.16. The number of nitrogens with one attached hydrogen (secondary N) is 3. The molecular formula is C22H26FN5O3. The van der Waals surface area contributed by atoms with E-state index in [1.165, 1.54) is 24.3 Å². The monoisotopic (exact) mass is 427 g/mol. The van der Waals surface area contributed by atoms with Gasteiger partial charge in [-0.15, -0.1) is 0 Å². The van der Waals surface area contributed by atoms with Crippen molar-refractivity contribution < 1.29 is 18.8 Å². The molecule has 8 nitrogen and oxygen atoms in total. The molecule has 3 N–H and O–H groups in total. The average Bonchev–Trinajstić information content (AvgIpc) is 2.75. The molecule has 9 heteroatoms. The first-order valence-corrected chi connectivity index (χ1v) is 10.0. The first-order chi connectivity index (χ1) is 14.9. The molecule has 0 saturated carbocycles. The van der Waals surface area contributed by atoms with Crippen LogP contribution in [0.15, 0.2) is 48.5 Å². The van der Waals surface area contributed by atoms with Gasteiger partial charge in [-0.2, -0.15) is 0 Å². The van der Waals surface area contributed by atoms with Crippen molar-refractivity contribution in [3.63, 3.8) is 0 Å². The Bertz CT molecular complexity index is 927.